The Labute approximate surface area is 245 Å². The van der Waals surface area contributed by atoms with Gasteiger partial charge in [0, 0.05) is 39.3 Å². The molecule has 0 atom stereocenters. The number of allylic oxidation sites excluding steroid dienone is 2. The molecule has 1 aromatic heterocycles. The number of halogens is 5. The van der Waals surface area contributed by atoms with Crippen LogP contribution in [0.3, 0.4) is 0 Å². The van der Waals surface area contributed by atoms with Crippen molar-refractivity contribution < 1.29 is 36.3 Å². The smallest absolute Gasteiger partial charge is 0.416 e. The Kier molecular flexibility index (Phi) is 9.02. The highest BCUT2D eigenvalue weighted by Crippen LogP contribution is 2.36. The third-order valence-corrected chi connectivity index (χ3v) is 7.50. The molecule has 2 aromatic rings. The predicted molar refractivity (Wildman–Crippen MR) is 149 cm³/mol. The van der Waals surface area contributed by atoms with Gasteiger partial charge in [-0.1, -0.05) is 6.07 Å². The molecule has 0 spiro atoms. The third-order valence-electron chi connectivity index (χ3n) is 7.50. The Morgan fingerprint density at radius 3 is 2.19 bits per heavy atom. The van der Waals surface area contributed by atoms with Crippen LogP contribution in [-0.4, -0.2) is 72.2 Å². The fourth-order valence-corrected chi connectivity index (χ4v) is 5.20. The molecule has 2 N–H and O–H groups in total. The van der Waals surface area contributed by atoms with Crippen molar-refractivity contribution in [3.05, 3.63) is 71.5 Å². The summed E-state index contributed by atoms with van der Waals surface area (Å²) >= 11 is 0. The molecule has 0 saturated carbocycles. The highest BCUT2D eigenvalue weighted by molar-refractivity contribution is 6.03. The summed E-state index contributed by atoms with van der Waals surface area (Å²) in [6.07, 6.45) is 0.753. The molecule has 2 saturated heterocycles. The number of anilines is 3. The van der Waals surface area contributed by atoms with Gasteiger partial charge in [-0.3, -0.25) is 4.79 Å². The number of pyridine rings is 1. The lowest BCUT2D eigenvalue weighted by atomic mass is 10.1. The van der Waals surface area contributed by atoms with E-state index in [0.29, 0.717) is 32.0 Å². The van der Waals surface area contributed by atoms with Crippen LogP contribution in [0, 0.1) is 11.6 Å². The second kappa shape index (κ2) is 12.9. The molecule has 9 nitrogen and oxygen atoms in total. The van der Waals surface area contributed by atoms with Crippen LogP contribution in [0.25, 0.3) is 0 Å². The second-order valence-corrected chi connectivity index (χ2v) is 10.4. The van der Waals surface area contributed by atoms with Gasteiger partial charge in [0.15, 0.2) is 5.88 Å². The van der Waals surface area contributed by atoms with E-state index >= 15 is 0 Å². The molecule has 1 aromatic carbocycles. The number of nitrogens with one attached hydrogen (secondary N) is 2. The number of carbonyl (C=O) groups excluding carboxylic acids is 2. The number of amides is 3. The molecule has 0 aliphatic carbocycles. The van der Waals surface area contributed by atoms with Crippen LogP contribution in [0.5, 0.6) is 0 Å². The van der Waals surface area contributed by atoms with Crippen molar-refractivity contribution >= 4 is 29.1 Å². The summed E-state index contributed by atoms with van der Waals surface area (Å²) in [5, 5.41) is 4.74. The van der Waals surface area contributed by atoms with E-state index < -0.39 is 46.8 Å². The number of urea groups is 1. The number of piperazine rings is 1. The average molecular weight is 607 g/mol. The number of nitrogens with zero attached hydrogens (tertiary/aromatic N) is 4. The molecule has 14 heteroatoms. The van der Waals surface area contributed by atoms with Crippen LogP contribution in [0.4, 0.5) is 43.9 Å². The predicted octanol–water partition coefficient (Wildman–Crippen LogP) is 5.61. The van der Waals surface area contributed by atoms with Gasteiger partial charge in [0.1, 0.15) is 23.1 Å². The van der Waals surface area contributed by atoms with Crippen LogP contribution in [0.15, 0.2) is 59.8 Å². The van der Waals surface area contributed by atoms with Crippen molar-refractivity contribution in [1.82, 2.24) is 14.8 Å². The molecule has 0 bridgehead atoms. The fourth-order valence-electron chi connectivity index (χ4n) is 5.20. The van der Waals surface area contributed by atoms with Crippen molar-refractivity contribution in [2.75, 3.05) is 54.8 Å². The standard InChI is InChI=1S/C29H31F5N6O3/c30-21-7-5-8-22(31)25(21)37-28(42)40-16-14-38(15-17-40)23-11-10-19(18-35-23)36-27(41)26-20(29(32,33)34)6-4-9-24(43-26)39-12-2-1-3-13-39/h5,7-11,18H,1-4,6,12-17H2,(H,36,41)(H,37,42). The van der Waals surface area contributed by atoms with Crippen LogP contribution in [0.1, 0.15) is 32.1 Å². The van der Waals surface area contributed by atoms with Crippen LogP contribution in [-0.2, 0) is 9.53 Å². The number of aromatic nitrogens is 1. The van der Waals surface area contributed by atoms with Crippen molar-refractivity contribution in [2.24, 2.45) is 0 Å². The number of carbonyl (C=O) groups is 2. The lowest BCUT2D eigenvalue weighted by Gasteiger charge is -2.35. The third kappa shape index (κ3) is 7.17. The maximum atomic E-state index is 13.9. The van der Waals surface area contributed by atoms with Crippen LogP contribution in [0.2, 0.25) is 0 Å². The lowest BCUT2D eigenvalue weighted by molar-refractivity contribution is -0.119. The lowest BCUT2D eigenvalue weighted by Crippen LogP contribution is -2.50. The van der Waals surface area contributed by atoms with Crippen LogP contribution < -0.4 is 15.5 Å². The number of hydrogen-bond donors (Lipinski definition) is 2. The fraction of sp³-hybridized carbons (Fsp3) is 0.414. The summed E-state index contributed by atoms with van der Waals surface area (Å²) in [7, 11) is 0. The molecular formula is C29H31F5N6O3. The number of alkyl halides is 3. The number of para-hydroxylation sites is 1. The first-order valence-corrected chi connectivity index (χ1v) is 14.1. The molecule has 4 heterocycles. The van der Waals surface area contributed by atoms with Gasteiger partial charge in [0.05, 0.1) is 17.5 Å². The number of ether oxygens (including phenoxy) is 1. The summed E-state index contributed by atoms with van der Waals surface area (Å²) in [4.78, 5) is 35.1. The summed E-state index contributed by atoms with van der Waals surface area (Å²) in [5.41, 5.74) is -1.35. The zero-order chi connectivity index (χ0) is 30.6. The van der Waals surface area contributed by atoms with Crippen molar-refractivity contribution in [1.29, 1.82) is 0 Å². The van der Waals surface area contributed by atoms with E-state index in [1.165, 1.54) is 23.2 Å². The zero-order valence-electron chi connectivity index (χ0n) is 23.2. The largest absolute Gasteiger partial charge is 0.435 e. The summed E-state index contributed by atoms with van der Waals surface area (Å²) in [6.45, 7) is 2.54. The van der Waals surface area contributed by atoms with E-state index in [0.717, 1.165) is 31.4 Å². The first kappa shape index (κ1) is 30.1. The van der Waals surface area contributed by atoms with Gasteiger partial charge in [0.2, 0.25) is 5.76 Å². The number of benzene rings is 1. The molecule has 0 radical (unpaired) electrons. The monoisotopic (exact) mass is 606 g/mol. The molecule has 3 aliphatic heterocycles. The van der Waals surface area contributed by atoms with Gasteiger partial charge in [-0.05, 0) is 62.4 Å². The van der Waals surface area contributed by atoms with Gasteiger partial charge >= 0.3 is 12.2 Å². The second-order valence-electron chi connectivity index (χ2n) is 10.4. The van der Waals surface area contributed by atoms with Gasteiger partial charge in [-0.25, -0.2) is 18.6 Å². The van der Waals surface area contributed by atoms with E-state index in [1.54, 1.807) is 12.1 Å². The zero-order valence-corrected chi connectivity index (χ0v) is 23.2. The quantitative estimate of drug-likeness (QED) is 0.431. The van der Waals surface area contributed by atoms with Crippen LogP contribution >= 0.6 is 0 Å². The summed E-state index contributed by atoms with van der Waals surface area (Å²) < 4.78 is 75.1. The van der Waals surface area contributed by atoms with Crippen molar-refractivity contribution in [2.45, 2.75) is 38.3 Å². The SMILES string of the molecule is O=C(Nc1ccc(N2CCN(C(=O)Nc3c(F)cccc3F)CC2)nc1)C1=C(C(F)(F)F)CCC=C(N2CCCCC2)O1. The van der Waals surface area contributed by atoms with E-state index in [4.69, 9.17) is 4.74 Å². The van der Waals surface area contributed by atoms with E-state index in [9.17, 15) is 31.5 Å². The first-order chi connectivity index (χ1) is 20.6. The molecule has 2 fully saturated rings. The van der Waals surface area contributed by atoms with E-state index in [-0.39, 0.29) is 37.5 Å². The molecule has 3 amide bonds. The van der Waals surface area contributed by atoms with E-state index in [1.807, 2.05) is 9.80 Å². The Morgan fingerprint density at radius 2 is 1.56 bits per heavy atom. The van der Waals surface area contributed by atoms with Gasteiger partial charge < -0.3 is 30.1 Å². The minimum Gasteiger partial charge on any atom is -0.435 e. The Hall–Kier alpha value is -4.36. The molecule has 3 aliphatic rings. The number of hydrogen-bond acceptors (Lipinski definition) is 6. The summed E-state index contributed by atoms with van der Waals surface area (Å²) in [6, 6.07) is 5.79. The Bertz CT molecular complexity index is 1380. The number of likely N-dealkylation sites (tertiary alicyclic amines) is 1. The van der Waals surface area contributed by atoms with Crippen molar-refractivity contribution in [3.63, 3.8) is 0 Å². The average Bonchev–Trinajstić information content (AvgIpc) is 3.24. The Balaban J connectivity index is 1.20. The number of rotatable bonds is 5. The van der Waals surface area contributed by atoms with Gasteiger partial charge in [-0.15, -0.1) is 0 Å². The molecule has 5 rings (SSSR count). The minimum atomic E-state index is -4.73. The molecular weight excluding hydrogens is 575 g/mol. The maximum absolute atomic E-state index is 13.9. The minimum absolute atomic E-state index is 0.0999. The van der Waals surface area contributed by atoms with Gasteiger partial charge in [0.25, 0.3) is 5.91 Å². The molecule has 43 heavy (non-hydrogen) atoms. The topological polar surface area (TPSA) is 90.0 Å². The highest BCUT2D eigenvalue weighted by atomic mass is 19.4. The molecule has 0 unspecified atom stereocenters. The Morgan fingerprint density at radius 1 is 0.860 bits per heavy atom. The molecule has 230 valence electrons. The summed E-state index contributed by atoms with van der Waals surface area (Å²) in [5.74, 6) is -2.75. The normalized spacial score (nSPS) is 18.1. The maximum Gasteiger partial charge on any atom is 0.416 e. The number of piperidine rings is 1. The van der Waals surface area contributed by atoms with Gasteiger partial charge in [-0.2, -0.15) is 13.2 Å². The van der Waals surface area contributed by atoms with E-state index in [2.05, 4.69) is 15.6 Å². The van der Waals surface area contributed by atoms with Crippen molar-refractivity contribution in [3.8, 4) is 0 Å². The highest BCUT2D eigenvalue weighted by Gasteiger charge is 2.40. The first-order valence-electron chi connectivity index (χ1n) is 14.1.